The van der Waals surface area contributed by atoms with Crippen LogP contribution in [0.15, 0.2) is 0 Å². The van der Waals surface area contributed by atoms with E-state index in [1.165, 1.54) is 0 Å². The second-order valence-corrected chi connectivity index (χ2v) is 3.50. The van der Waals surface area contributed by atoms with Crippen LogP contribution in [-0.4, -0.2) is 50.6 Å². The Bertz CT molecular complexity index is 174. The maximum absolute atomic E-state index is 11.6. The van der Waals surface area contributed by atoms with Crippen LogP contribution in [0.3, 0.4) is 0 Å². The van der Waals surface area contributed by atoms with Gasteiger partial charge in [0.1, 0.15) is 0 Å². The van der Waals surface area contributed by atoms with E-state index < -0.39 is 6.36 Å². The molecule has 1 aliphatic rings. The normalized spacial score (nSPS) is 24.4. The van der Waals surface area contributed by atoms with Crippen LogP contribution in [-0.2, 0) is 4.74 Å². The largest absolute Gasteiger partial charge is 0.522 e. The molecule has 0 aromatic rings. The molecule has 14 heavy (non-hydrogen) atoms. The second kappa shape index (κ2) is 4.95. The van der Waals surface area contributed by atoms with Gasteiger partial charge in [0.05, 0.1) is 6.61 Å². The minimum absolute atomic E-state index is 0.248. The number of hydrogen-bond donors (Lipinski definition) is 1. The van der Waals surface area contributed by atoms with Crippen LogP contribution < -0.4 is 5.32 Å². The van der Waals surface area contributed by atoms with Gasteiger partial charge in [-0.25, -0.2) is 0 Å². The highest BCUT2D eigenvalue weighted by Crippen LogP contribution is 2.15. The molecule has 0 radical (unpaired) electrons. The third kappa shape index (κ3) is 4.78. The fourth-order valence-corrected chi connectivity index (χ4v) is 1.53. The number of rotatable bonds is 4. The molecule has 0 aromatic heterocycles. The number of likely N-dealkylation sites (N-methyl/N-ethyl adjacent to an activating group) is 1. The van der Waals surface area contributed by atoms with Gasteiger partial charge in [0.2, 0.25) is 0 Å². The van der Waals surface area contributed by atoms with Crippen LogP contribution in [0.1, 0.15) is 6.42 Å². The van der Waals surface area contributed by atoms with Crippen molar-refractivity contribution in [2.24, 2.45) is 0 Å². The number of ether oxygens (including phenoxy) is 1. The quantitative estimate of drug-likeness (QED) is 0.698. The number of nitrogens with one attached hydrogen (secondary N) is 1. The molecule has 0 aliphatic carbocycles. The summed E-state index contributed by atoms with van der Waals surface area (Å²) in [5.41, 5.74) is 0. The topological polar surface area (TPSA) is 24.5 Å². The summed E-state index contributed by atoms with van der Waals surface area (Å²) in [6, 6.07) is 0.303. The van der Waals surface area contributed by atoms with E-state index in [9.17, 15) is 13.2 Å². The maximum atomic E-state index is 11.6. The summed E-state index contributed by atoms with van der Waals surface area (Å²) in [4.78, 5) is 2.14. The van der Waals surface area contributed by atoms with Crippen molar-refractivity contribution in [3.63, 3.8) is 0 Å². The van der Waals surface area contributed by atoms with E-state index in [0.717, 1.165) is 19.5 Å². The highest BCUT2D eigenvalue weighted by atomic mass is 19.4. The zero-order chi connectivity index (χ0) is 10.6. The first kappa shape index (κ1) is 11.7. The summed E-state index contributed by atoms with van der Waals surface area (Å²) in [6.45, 7) is 1.82. The molecular weight excluding hydrogens is 197 g/mol. The van der Waals surface area contributed by atoms with E-state index in [4.69, 9.17) is 0 Å². The minimum atomic E-state index is -4.51. The van der Waals surface area contributed by atoms with E-state index >= 15 is 0 Å². The maximum Gasteiger partial charge on any atom is 0.522 e. The van der Waals surface area contributed by atoms with E-state index in [1.54, 1.807) is 0 Å². The zero-order valence-electron chi connectivity index (χ0n) is 8.10. The van der Waals surface area contributed by atoms with Crippen molar-refractivity contribution in [1.82, 2.24) is 10.2 Å². The second-order valence-electron chi connectivity index (χ2n) is 3.50. The van der Waals surface area contributed by atoms with Gasteiger partial charge in [-0.1, -0.05) is 0 Å². The monoisotopic (exact) mass is 212 g/mol. The molecule has 1 fully saturated rings. The first-order valence-corrected chi connectivity index (χ1v) is 4.60. The molecule has 0 saturated carbocycles. The average Bonchev–Trinajstić information content (AvgIpc) is 2.44. The first-order chi connectivity index (χ1) is 6.47. The lowest BCUT2D eigenvalue weighted by Crippen LogP contribution is -2.34. The summed E-state index contributed by atoms with van der Waals surface area (Å²) in [5.74, 6) is 0. The molecule has 1 aliphatic heterocycles. The Hall–Kier alpha value is -0.330. The molecule has 1 N–H and O–H groups in total. The molecular formula is C8H15F3N2O. The molecule has 1 unspecified atom stereocenters. The zero-order valence-corrected chi connectivity index (χ0v) is 8.10. The van der Waals surface area contributed by atoms with Crippen molar-refractivity contribution in [2.75, 3.05) is 33.3 Å². The Morgan fingerprint density at radius 2 is 2.21 bits per heavy atom. The number of hydrogen-bond acceptors (Lipinski definition) is 3. The molecule has 0 spiro atoms. The number of likely N-dealkylation sites (tertiary alicyclic amines) is 1. The van der Waals surface area contributed by atoms with Crippen LogP contribution in [0.2, 0.25) is 0 Å². The van der Waals surface area contributed by atoms with Crippen LogP contribution in [0, 0.1) is 0 Å². The molecule has 0 aromatic carbocycles. The SMILES string of the molecule is CN1CCC(NCCOC(F)(F)F)C1. The van der Waals surface area contributed by atoms with Crippen molar-refractivity contribution in [2.45, 2.75) is 18.8 Å². The van der Waals surface area contributed by atoms with Gasteiger partial charge in [-0.3, -0.25) is 4.74 Å². The first-order valence-electron chi connectivity index (χ1n) is 4.60. The van der Waals surface area contributed by atoms with Gasteiger partial charge >= 0.3 is 6.36 Å². The third-order valence-corrected chi connectivity index (χ3v) is 2.19. The Morgan fingerprint density at radius 3 is 2.71 bits per heavy atom. The Kier molecular flexibility index (Phi) is 4.15. The van der Waals surface area contributed by atoms with Gasteiger partial charge in [-0.05, 0) is 20.0 Å². The Balaban J connectivity index is 1.99. The van der Waals surface area contributed by atoms with Crippen molar-refractivity contribution in [3.8, 4) is 0 Å². The summed E-state index contributed by atoms with van der Waals surface area (Å²) in [5, 5.41) is 3.02. The summed E-state index contributed by atoms with van der Waals surface area (Å²) in [6.07, 6.45) is -3.52. The van der Waals surface area contributed by atoms with Crippen molar-refractivity contribution in [3.05, 3.63) is 0 Å². The van der Waals surface area contributed by atoms with Crippen LogP contribution in [0.4, 0.5) is 13.2 Å². The molecule has 1 saturated heterocycles. The summed E-state index contributed by atoms with van der Waals surface area (Å²) < 4.78 is 38.3. The lowest BCUT2D eigenvalue weighted by Gasteiger charge is -2.13. The van der Waals surface area contributed by atoms with Gasteiger partial charge in [0.15, 0.2) is 0 Å². The minimum Gasteiger partial charge on any atom is -0.310 e. The molecule has 1 atom stereocenters. The van der Waals surface area contributed by atoms with Crippen molar-refractivity contribution >= 4 is 0 Å². The van der Waals surface area contributed by atoms with E-state index in [0.29, 0.717) is 6.04 Å². The van der Waals surface area contributed by atoms with Gasteiger partial charge in [-0.2, -0.15) is 0 Å². The molecule has 1 rings (SSSR count). The van der Waals surface area contributed by atoms with Crippen LogP contribution in [0.25, 0.3) is 0 Å². The summed E-state index contributed by atoms with van der Waals surface area (Å²) in [7, 11) is 1.99. The smallest absolute Gasteiger partial charge is 0.310 e. The van der Waals surface area contributed by atoms with E-state index in [2.05, 4.69) is 15.0 Å². The van der Waals surface area contributed by atoms with Gasteiger partial charge in [0, 0.05) is 19.1 Å². The van der Waals surface area contributed by atoms with Gasteiger partial charge in [-0.15, -0.1) is 13.2 Å². The van der Waals surface area contributed by atoms with Gasteiger partial charge < -0.3 is 10.2 Å². The van der Waals surface area contributed by atoms with E-state index in [-0.39, 0.29) is 13.2 Å². The highest BCUT2D eigenvalue weighted by molar-refractivity contribution is 4.78. The Morgan fingerprint density at radius 1 is 1.50 bits per heavy atom. The molecule has 84 valence electrons. The highest BCUT2D eigenvalue weighted by Gasteiger charge is 2.28. The predicted molar refractivity (Wildman–Crippen MR) is 45.9 cm³/mol. The number of alkyl halides is 3. The molecule has 0 bridgehead atoms. The molecule has 3 nitrogen and oxygen atoms in total. The lowest BCUT2D eigenvalue weighted by atomic mass is 10.3. The average molecular weight is 212 g/mol. The van der Waals surface area contributed by atoms with Gasteiger partial charge in [0.25, 0.3) is 0 Å². The molecule has 1 heterocycles. The number of halogens is 3. The fourth-order valence-electron chi connectivity index (χ4n) is 1.53. The molecule has 6 heteroatoms. The van der Waals surface area contributed by atoms with Crippen molar-refractivity contribution < 1.29 is 17.9 Å². The Labute approximate surface area is 81.2 Å². The predicted octanol–water partition coefficient (Wildman–Crippen LogP) is 0.816. The van der Waals surface area contributed by atoms with Crippen LogP contribution in [0.5, 0.6) is 0 Å². The lowest BCUT2D eigenvalue weighted by molar-refractivity contribution is -0.323. The van der Waals surface area contributed by atoms with Crippen LogP contribution >= 0.6 is 0 Å². The number of nitrogens with zero attached hydrogens (tertiary/aromatic N) is 1. The standard InChI is InChI=1S/C8H15F3N2O/c1-13-4-2-7(6-13)12-3-5-14-8(9,10)11/h7,12H,2-6H2,1H3. The fraction of sp³-hybridized carbons (Fsp3) is 1.00. The third-order valence-electron chi connectivity index (χ3n) is 2.19. The van der Waals surface area contributed by atoms with E-state index in [1.807, 2.05) is 7.05 Å². The molecule has 0 amide bonds. The summed E-state index contributed by atoms with van der Waals surface area (Å²) >= 11 is 0. The van der Waals surface area contributed by atoms with Crippen molar-refractivity contribution in [1.29, 1.82) is 0 Å².